The molecule has 1 heterocycles. The highest BCUT2D eigenvalue weighted by molar-refractivity contribution is 5.93. The molecule has 1 aromatic carbocycles. The largest absolute Gasteiger partial charge is 0.491 e. The van der Waals surface area contributed by atoms with Gasteiger partial charge in [-0.25, -0.2) is 9.18 Å². The predicted molar refractivity (Wildman–Crippen MR) is 64.9 cm³/mol. The fourth-order valence-electron chi connectivity index (χ4n) is 1.72. The maximum Gasteiger partial charge on any atom is 0.354 e. The van der Waals surface area contributed by atoms with Crippen LogP contribution in [0.15, 0.2) is 23.0 Å². The van der Waals surface area contributed by atoms with Gasteiger partial charge in [-0.3, -0.25) is 15.0 Å². The summed E-state index contributed by atoms with van der Waals surface area (Å²) in [6.45, 7) is 2.02. The molecule has 0 saturated carbocycles. The Balaban J connectivity index is 2.54. The summed E-state index contributed by atoms with van der Waals surface area (Å²) in [5.41, 5.74) is -0.884. The second-order valence-corrected chi connectivity index (χ2v) is 3.71. The van der Waals surface area contributed by atoms with Crippen LogP contribution in [0.2, 0.25) is 0 Å². The molecule has 100 valence electrons. The van der Waals surface area contributed by atoms with E-state index in [1.54, 1.807) is 6.92 Å². The third kappa shape index (κ3) is 2.35. The summed E-state index contributed by atoms with van der Waals surface area (Å²) in [5, 5.41) is 13.3. The molecular formula is C12H11FN2O4. The predicted octanol–water partition coefficient (Wildman–Crippen LogP) is 1.61. The maximum absolute atomic E-state index is 13.7. The number of carboxylic acid groups (broad SMARTS) is 1. The second-order valence-electron chi connectivity index (χ2n) is 3.71. The van der Waals surface area contributed by atoms with E-state index in [0.717, 1.165) is 6.07 Å². The Labute approximate surface area is 106 Å². The highest BCUT2D eigenvalue weighted by atomic mass is 19.1. The van der Waals surface area contributed by atoms with Crippen molar-refractivity contribution >= 4 is 5.97 Å². The third-order valence-electron chi connectivity index (χ3n) is 2.51. The van der Waals surface area contributed by atoms with Crippen molar-refractivity contribution in [2.24, 2.45) is 0 Å². The van der Waals surface area contributed by atoms with Gasteiger partial charge in [0.25, 0.3) is 5.56 Å². The van der Waals surface area contributed by atoms with Gasteiger partial charge < -0.3 is 9.84 Å². The molecule has 0 bridgehead atoms. The molecule has 2 rings (SSSR count). The molecule has 19 heavy (non-hydrogen) atoms. The zero-order chi connectivity index (χ0) is 14.0. The SMILES string of the molecule is CCOc1ccc(-c2c(C(=O)O)[nH][nH]c2=O)cc1F. The van der Waals surface area contributed by atoms with Gasteiger partial charge in [-0.1, -0.05) is 6.07 Å². The summed E-state index contributed by atoms with van der Waals surface area (Å²) in [7, 11) is 0. The Morgan fingerprint density at radius 1 is 1.42 bits per heavy atom. The number of aromatic amines is 2. The fourth-order valence-corrected chi connectivity index (χ4v) is 1.72. The van der Waals surface area contributed by atoms with Gasteiger partial charge in [-0.05, 0) is 24.6 Å². The molecule has 0 aliphatic rings. The fraction of sp³-hybridized carbons (Fsp3) is 0.167. The quantitative estimate of drug-likeness (QED) is 0.783. The lowest BCUT2D eigenvalue weighted by Crippen LogP contribution is -2.05. The van der Waals surface area contributed by atoms with Gasteiger partial charge in [0.1, 0.15) is 0 Å². The molecule has 0 saturated heterocycles. The third-order valence-corrected chi connectivity index (χ3v) is 2.51. The average Bonchev–Trinajstić information content (AvgIpc) is 2.74. The van der Waals surface area contributed by atoms with E-state index in [9.17, 15) is 14.0 Å². The number of nitrogens with one attached hydrogen (secondary N) is 2. The number of benzene rings is 1. The summed E-state index contributed by atoms with van der Waals surface area (Å²) in [4.78, 5) is 22.5. The van der Waals surface area contributed by atoms with Crippen LogP contribution in [0.4, 0.5) is 4.39 Å². The van der Waals surface area contributed by atoms with Gasteiger partial charge in [0.15, 0.2) is 17.3 Å². The van der Waals surface area contributed by atoms with Crippen LogP contribution >= 0.6 is 0 Å². The molecule has 7 heteroatoms. The van der Waals surface area contributed by atoms with Crippen molar-refractivity contribution in [1.29, 1.82) is 0 Å². The molecule has 0 fully saturated rings. The van der Waals surface area contributed by atoms with Gasteiger partial charge in [-0.2, -0.15) is 0 Å². The number of hydrogen-bond donors (Lipinski definition) is 3. The molecule has 2 aromatic rings. The van der Waals surface area contributed by atoms with Crippen LogP contribution in [0.1, 0.15) is 17.4 Å². The topological polar surface area (TPSA) is 95.2 Å². The van der Waals surface area contributed by atoms with E-state index in [1.807, 2.05) is 0 Å². The van der Waals surface area contributed by atoms with Crippen molar-refractivity contribution in [2.75, 3.05) is 6.61 Å². The number of carboxylic acids is 1. The first-order chi connectivity index (χ1) is 9.04. The number of H-pyrrole nitrogens is 2. The number of aromatic carboxylic acids is 1. The molecule has 0 amide bonds. The zero-order valence-corrected chi connectivity index (χ0v) is 9.99. The minimum Gasteiger partial charge on any atom is -0.491 e. The van der Waals surface area contributed by atoms with Gasteiger partial charge in [0.2, 0.25) is 0 Å². The molecule has 0 radical (unpaired) electrons. The molecule has 0 aliphatic heterocycles. The summed E-state index contributed by atoms with van der Waals surface area (Å²) >= 11 is 0. The van der Waals surface area contributed by atoms with Crippen LogP contribution in [0.3, 0.4) is 0 Å². The molecule has 3 N–H and O–H groups in total. The van der Waals surface area contributed by atoms with Crippen LogP contribution in [0, 0.1) is 5.82 Å². The Morgan fingerprint density at radius 2 is 2.16 bits per heavy atom. The standard InChI is InChI=1S/C12H11FN2O4/c1-2-19-8-4-3-6(5-7(8)13)9-10(12(17)18)14-15-11(9)16/h3-5H,2H2,1H3,(H,17,18)(H2,14,15,16). The Kier molecular flexibility index (Phi) is 3.37. The second kappa shape index (κ2) is 4.97. The zero-order valence-electron chi connectivity index (χ0n) is 9.99. The summed E-state index contributed by atoms with van der Waals surface area (Å²) < 4.78 is 18.7. The number of rotatable bonds is 4. The van der Waals surface area contributed by atoms with E-state index in [4.69, 9.17) is 9.84 Å². The summed E-state index contributed by atoms with van der Waals surface area (Å²) in [5.74, 6) is -1.91. The van der Waals surface area contributed by atoms with Crippen LogP contribution in [-0.2, 0) is 0 Å². The first kappa shape index (κ1) is 12.9. The van der Waals surface area contributed by atoms with Crippen molar-refractivity contribution < 1.29 is 19.0 Å². The van der Waals surface area contributed by atoms with Crippen LogP contribution in [0.5, 0.6) is 5.75 Å². The van der Waals surface area contributed by atoms with E-state index in [-0.39, 0.29) is 22.6 Å². The highest BCUT2D eigenvalue weighted by Gasteiger charge is 2.19. The monoisotopic (exact) mass is 266 g/mol. The smallest absolute Gasteiger partial charge is 0.354 e. The van der Waals surface area contributed by atoms with Crippen molar-refractivity contribution in [3.05, 3.63) is 40.1 Å². The lowest BCUT2D eigenvalue weighted by atomic mass is 10.1. The number of carbonyl (C=O) groups is 1. The van der Waals surface area contributed by atoms with Gasteiger partial charge in [0.05, 0.1) is 12.2 Å². The van der Waals surface area contributed by atoms with E-state index >= 15 is 0 Å². The number of aromatic nitrogens is 2. The molecule has 0 atom stereocenters. The molecule has 0 spiro atoms. The van der Waals surface area contributed by atoms with Crippen molar-refractivity contribution in [3.63, 3.8) is 0 Å². The Bertz CT molecular complexity index is 675. The minimum atomic E-state index is -1.30. The molecule has 0 aliphatic carbocycles. The van der Waals surface area contributed by atoms with Gasteiger partial charge in [0, 0.05) is 0 Å². The van der Waals surface area contributed by atoms with Gasteiger partial charge in [-0.15, -0.1) is 0 Å². The molecular weight excluding hydrogens is 255 g/mol. The number of hydrogen-bond acceptors (Lipinski definition) is 3. The van der Waals surface area contributed by atoms with E-state index in [0.29, 0.717) is 6.61 Å². The Hall–Kier alpha value is -2.57. The summed E-state index contributed by atoms with van der Waals surface area (Å²) in [6, 6.07) is 3.85. The van der Waals surface area contributed by atoms with Crippen molar-refractivity contribution in [1.82, 2.24) is 10.2 Å². The van der Waals surface area contributed by atoms with Crippen LogP contribution in [-0.4, -0.2) is 27.9 Å². The first-order valence-corrected chi connectivity index (χ1v) is 5.51. The van der Waals surface area contributed by atoms with Gasteiger partial charge >= 0.3 is 5.97 Å². The van der Waals surface area contributed by atoms with E-state index < -0.39 is 17.3 Å². The van der Waals surface area contributed by atoms with E-state index in [1.165, 1.54) is 12.1 Å². The Morgan fingerprint density at radius 3 is 2.74 bits per heavy atom. The van der Waals surface area contributed by atoms with Crippen LogP contribution in [0.25, 0.3) is 11.1 Å². The highest BCUT2D eigenvalue weighted by Crippen LogP contribution is 2.25. The van der Waals surface area contributed by atoms with Crippen molar-refractivity contribution in [3.8, 4) is 16.9 Å². The molecule has 6 nitrogen and oxygen atoms in total. The minimum absolute atomic E-state index is 0.0510. The van der Waals surface area contributed by atoms with E-state index in [2.05, 4.69) is 10.2 Å². The number of ether oxygens (including phenoxy) is 1. The normalized spacial score (nSPS) is 10.4. The first-order valence-electron chi connectivity index (χ1n) is 5.51. The lowest BCUT2D eigenvalue weighted by molar-refractivity contribution is 0.0691. The molecule has 0 unspecified atom stereocenters. The van der Waals surface area contributed by atoms with Crippen LogP contribution < -0.4 is 10.3 Å². The lowest BCUT2D eigenvalue weighted by Gasteiger charge is -2.06. The van der Waals surface area contributed by atoms with Crippen molar-refractivity contribution in [2.45, 2.75) is 6.92 Å². The maximum atomic E-state index is 13.7. The number of halogens is 1. The molecule has 1 aromatic heterocycles. The average molecular weight is 266 g/mol. The summed E-state index contributed by atoms with van der Waals surface area (Å²) in [6.07, 6.45) is 0.